The van der Waals surface area contributed by atoms with Gasteiger partial charge in [-0.2, -0.15) is 0 Å². The molecule has 1 aromatic carbocycles. The molecule has 0 aromatic heterocycles. The molecule has 0 spiro atoms. The number of rotatable bonds is 3. The Morgan fingerprint density at radius 3 is 2.58 bits per heavy atom. The zero-order valence-corrected chi connectivity index (χ0v) is 12.3. The number of hydrogen-bond donors (Lipinski definition) is 1. The van der Waals surface area contributed by atoms with Gasteiger partial charge in [-0.25, -0.2) is 0 Å². The van der Waals surface area contributed by atoms with Crippen molar-refractivity contribution < 1.29 is 4.79 Å². The van der Waals surface area contributed by atoms with E-state index >= 15 is 0 Å². The van der Waals surface area contributed by atoms with Gasteiger partial charge >= 0.3 is 0 Å². The Balaban J connectivity index is 1.89. The molecule has 0 aliphatic carbocycles. The highest BCUT2D eigenvalue weighted by Crippen LogP contribution is 2.22. The Morgan fingerprint density at radius 1 is 1.32 bits per heavy atom. The van der Waals surface area contributed by atoms with Crippen LogP contribution in [0, 0.1) is 11.8 Å². The van der Waals surface area contributed by atoms with Crippen LogP contribution in [0.2, 0.25) is 5.02 Å². The molecular formula is C15H21ClN2O. The summed E-state index contributed by atoms with van der Waals surface area (Å²) in [6.07, 6.45) is 1.25. The van der Waals surface area contributed by atoms with Crippen LogP contribution in [0.3, 0.4) is 0 Å². The summed E-state index contributed by atoms with van der Waals surface area (Å²) in [4.78, 5) is 14.3. The Kier molecular flexibility index (Phi) is 4.83. The Bertz CT molecular complexity index is 440. The Labute approximate surface area is 119 Å². The van der Waals surface area contributed by atoms with Crippen molar-refractivity contribution in [3.63, 3.8) is 0 Å². The lowest BCUT2D eigenvalue weighted by Gasteiger charge is -2.34. The van der Waals surface area contributed by atoms with Gasteiger partial charge in [0.15, 0.2) is 0 Å². The van der Waals surface area contributed by atoms with E-state index in [2.05, 4.69) is 24.1 Å². The summed E-state index contributed by atoms with van der Waals surface area (Å²) >= 11 is 6.03. The van der Waals surface area contributed by atoms with Gasteiger partial charge in [-0.1, -0.05) is 37.6 Å². The number of carbonyl (C=O) groups is 1. The molecule has 0 saturated carbocycles. The lowest BCUT2D eigenvalue weighted by atomic mass is 9.92. The molecule has 2 rings (SSSR count). The molecule has 1 aliphatic rings. The molecule has 104 valence electrons. The maximum atomic E-state index is 12.0. The summed E-state index contributed by atoms with van der Waals surface area (Å²) in [5, 5.41) is 3.45. The van der Waals surface area contributed by atoms with E-state index in [0.29, 0.717) is 29.1 Å². The number of amides is 1. The van der Waals surface area contributed by atoms with Crippen LogP contribution in [0.25, 0.3) is 0 Å². The lowest BCUT2D eigenvalue weighted by molar-refractivity contribution is -0.117. The molecule has 1 aromatic rings. The summed E-state index contributed by atoms with van der Waals surface area (Å²) in [5.41, 5.74) is 0.687. The van der Waals surface area contributed by atoms with Crippen LogP contribution in [0.1, 0.15) is 20.3 Å². The maximum absolute atomic E-state index is 12.0. The van der Waals surface area contributed by atoms with Crippen LogP contribution in [0.15, 0.2) is 24.3 Å². The molecule has 4 heteroatoms. The third-order valence-electron chi connectivity index (χ3n) is 3.46. The maximum Gasteiger partial charge on any atom is 0.238 e. The summed E-state index contributed by atoms with van der Waals surface area (Å²) in [7, 11) is 0. The highest BCUT2D eigenvalue weighted by Gasteiger charge is 2.23. The molecule has 1 amide bonds. The Hall–Kier alpha value is -1.06. The van der Waals surface area contributed by atoms with Crippen LogP contribution < -0.4 is 5.32 Å². The first-order valence-corrected chi connectivity index (χ1v) is 7.19. The van der Waals surface area contributed by atoms with Crippen molar-refractivity contribution in [2.75, 3.05) is 25.0 Å². The van der Waals surface area contributed by atoms with Gasteiger partial charge in [0.2, 0.25) is 5.91 Å². The van der Waals surface area contributed by atoms with E-state index in [0.717, 1.165) is 13.1 Å². The van der Waals surface area contributed by atoms with Crippen LogP contribution in [0.4, 0.5) is 5.69 Å². The summed E-state index contributed by atoms with van der Waals surface area (Å²) < 4.78 is 0. The van der Waals surface area contributed by atoms with Crippen LogP contribution in [-0.4, -0.2) is 30.4 Å². The molecular weight excluding hydrogens is 260 g/mol. The van der Waals surface area contributed by atoms with Gasteiger partial charge < -0.3 is 5.32 Å². The van der Waals surface area contributed by atoms with Crippen molar-refractivity contribution in [3.8, 4) is 0 Å². The van der Waals surface area contributed by atoms with Crippen molar-refractivity contribution in [2.24, 2.45) is 11.8 Å². The van der Waals surface area contributed by atoms with Gasteiger partial charge in [0.25, 0.3) is 0 Å². The van der Waals surface area contributed by atoms with Crippen molar-refractivity contribution >= 4 is 23.2 Å². The number of benzene rings is 1. The van der Waals surface area contributed by atoms with Gasteiger partial charge in [-0.3, -0.25) is 9.69 Å². The van der Waals surface area contributed by atoms with Gasteiger partial charge in [0.1, 0.15) is 0 Å². The quantitative estimate of drug-likeness (QED) is 0.922. The molecule has 3 nitrogen and oxygen atoms in total. The minimum atomic E-state index is 0.00870. The topological polar surface area (TPSA) is 32.3 Å². The zero-order chi connectivity index (χ0) is 13.8. The van der Waals surface area contributed by atoms with Crippen molar-refractivity contribution in [1.29, 1.82) is 0 Å². The standard InChI is InChI=1S/C15H21ClN2O/c1-11-7-12(2)9-18(8-11)10-15(19)17-14-6-4-3-5-13(14)16/h3-6,11-12H,7-10H2,1-2H3,(H,17,19)/t11-,12-/m0/s1. The molecule has 1 heterocycles. The van der Waals surface area contributed by atoms with Crippen molar-refractivity contribution in [3.05, 3.63) is 29.3 Å². The second-order valence-electron chi connectivity index (χ2n) is 5.67. The third-order valence-corrected chi connectivity index (χ3v) is 3.79. The molecule has 0 unspecified atom stereocenters. The largest absolute Gasteiger partial charge is 0.324 e. The summed E-state index contributed by atoms with van der Waals surface area (Å²) in [5.74, 6) is 1.34. The molecule has 0 radical (unpaired) electrons. The number of nitrogens with one attached hydrogen (secondary N) is 1. The monoisotopic (exact) mass is 280 g/mol. The number of nitrogens with zero attached hydrogens (tertiary/aromatic N) is 1. The second-order valence-corrected chi connectivity index (χ2v) is 6.08. The second kappa shape index (κ2) is 6.40. The predicted octanol–water partition coefficient (Wildman–Crippen LogP) is 3.26. The first-order chi connectivity index (χ1) is 9.04. The number of likely N-dealkylation sites (tertiary alicyclic amines) is 1. The van der Waals surface area contributed by atoms with E-state index in [-0.39, 0.29) is 5.91 Å². The summed E-state index contributed by atoms with van der Waals surface area (Å²) in [6, 6.07) is 7.32. The average molecular weight is 281 g/mol. The molecule has 1 N–H and O–H groups in total. The molecule has 0 bridgehead atoms. The highest BCUT2D eigenvalue weighted by molar-refractivity contribution is 6.33. The first kappa shape index (κ1) is 14.4. The minimum absolute atomic E-state index is 0.00870. The van der Waals surface area contributed by atoms with Gasteiger partial charge in [-0.15, -0.1) is 0 Å². The lowest BCUT2D eigenvalue weighted by Crippen LogP contribution is -2.42. The first-order valence-electron chi connectivity index (χ1n) is 6.81. The fraction of sp³-hybridized carbons (Fsp3) is 0.533. The van der Waals surface area contributed by atoms with Crippen molar-refractivity contribution in [1.82, 2.24) is 4.90 Å². The van der Waals surface area contributed by atoms with Gasteiger partial charge in [0, 0.05) is 13.1 Å². The zero-order valence-electron chi connectivity index (χ0n) is 11.5. The predicted molar refractivity (Wildman–Crippen MR) is 79.5 cm³/mol. The van der Waals surface area contributed by atoms with Crippen LogP contribution in [-0.2, 0) is 4.79 Å². The number of halogens is 1. The summed E-state index contributed by atoms with van der Waals surface area (Å²) in [6.45, 7) is 6.93. The number of hydrogen-bond acceptors (Lipinski definition) is 2. The van der Waals surface area contributed by atoms with Gasteiger partial charge in [-0.05, 0) is 30.4 Å². The number of carbonyl (C=O) groups excluding carboxylic acids is 1. The SMILES string of the molecule is C[C@H]1C[C@H](C)CN(CC(=O)Nc2ccccc2Cl)C1. The number of para-hydroxylation sites is 1. The minimum Gasteiger partial charge on any atom is -0.324 e. The van der Waals surface area contributed by atoms with E-state index in [1.807, 2.05) is 18.2 Å². The van der Waals surface area contributed by atoms with E-state index in [1.165, 1.54) is 6.42 Å². The van der Waals surface area contributed by atoms with Gasteiger partial charge in [0.05, 0.1) is 17.3 Å². The van der Waals surface area contributed by atoms with E-state index < -0.39 is 0 Å². The van der Waals surface area contributed by atoms with E-state index in [1.54, 1.807) is 6.07 Å². The van der Waals surface area contributed by atoms with Crippen LogP contribution >= 0.6 is 11.6 Å². The smallest absolute Gasteiger partial charge is 0.238 e. The highest BCUT2D eigenvalue weighted by atomic mass is 35.5. The number of anilines is 1. The molecule has 1 fully saturated rings. The van der Waals surface area contributed by atoms with E-state index in [9.17, 15) is 4.79 Å². The average Bonchev–Trinajstić information content (AvgIpc) is 2.30. The van der Waals surface area contributed by atoms with E-state index in [4.69, 9.17) is 11.6 Å². The normalized spacial score (nSPS) is 24.2. The fourth-order valence-corrected chi connectivity index (χ4v) is 3.06. The molecule has 1 aliphatic heterocycles. The Morgan fingerprint density at radius 2 is 1.95 bits per heavy atom. The number of piperidine rings is 1. The molecule has 1 saturated heterocycles. The van der Waals surface area contributed by atoms with Crippen molar-refractivity contribution in [2.45, 2.75) is 20.3 Å². The molecule has 19 heavy (non-hydrogen) atoms. The van der Waals surface area contributed by atoms with Crippen LogP contribution in [0.5, 0.6) is 0 Å². The fourth-order valence-electron chi connectivity index (χ4n) is 2.88. The molecule has 2 atom stereocenters. The third kappa shape index (κ3) is 4.22.